The molecule has 0 spiro atoms. The molecular formula is C54H39N3. The number of hydrogen-bond acceptors (Lipinski definition) is 3. The van der Waals surface area contributed by atoms with Crippen molar-refractivity contribution in [1.82, 2.24) is 15.0 Å². The first kappa shape index (κ1) is 34.3. The summed E-state index contributed by atoms with van der Waals surface area (Å²) in [6, 6.07) is 71.9. The van der Waals surface area contributed by atoms with Crippen LogP contribution in [0.2, 0.25) is 0 Å². The fraction of sp³-hybridized carbons (Fsp3) is 0.0556. The molecule has 8 aromatic carbocycles. The van der Waals surface area contributed by atoms with Gasteiger partial charge in [0.2, 0.25) is 0 Å². The van der Waals surface area contributed by atoms with E-state index in [1.807, 2.05) is 42.5 Å². The fourth-order valence-electron chi connectivity index (χ4n) is 8.73. The number of aromatic nitrogens is 3. The number of benzene rings is 8. The molecule has 0 saturated heterocycles. The average molecular weight is 730 g/mol. The summed E-state index contributed by atoms with van der Waals surface area (Å²) >= 11 is 0. The Bertz CT molecular complexity index is 2920. The van der Waals surface area contributed by atoms with E-state index in [4.69, 9.17) is 15.0 Å². The van der Waals surface area contributed by atoms with Crippen LogP contribution in [0.25, 0.3) is 67.5 Å². The van der Waals surface area contributed by atoms with Gasteiger partial charge in [-0.25, -0.2) is 15.0 Å². The summed E-state index contributed by atoms with van der Waals surface area (Å²) in [6.07, 6.45) is 0. The lowest BCUT2D eigenvalue weighted by Crippen LogP contribution is -2.29. The minimum atomic E-state index is -0.503. The summed E-state index contributed by atoms with van der Waals surface area (Å²) in [4.78, 5) is 15.1. The van der Waals surface area contributed by atoms with Crippen LogP contribution in [0, 0.1) is 13.8 Å². The number of fused-ring (bicyclic) bond motifs is 3. The Balaban J connectivity index is 1.13. The van der Waals surface area contributed by atoms with Gasteiger partial charge in [-0.05, 0) is 87.2 Å². The molecule has 1 atom stereocenters. The van der Waals surface area contributed by atoms with Crippen LogP contribution in [0.1, 0.15) is 33.4 Å². The van der Waals surface area contributed by atoms with Crippen molar-refractivity contribution in [1.29, 1.82) is 0 Å². The van der Waals surface area contributed by atoms with Gasteiger partial charge in [0.25, 0.3) is 0 Å². The number of rotatable bonds is 7. The Kier molecular flexibility index (Phi) is 8.49. The lowest BCUT2D eigenvalue weighted by molar-refractivity contribution is 0.770. The largest absolute Gasteiger partial charge is 0.208 e. The van der Waals surface area contributed by atoms with Crippen LogP contribution in [0.5, 0.6) is 0 Å². The quantitative estimate of drug-likeness (QED) is 0.164. The highest BCUT2D eigenvalue weighted by Crippen LogP contribution is 2.58. The third kappa shape index (κ3) is 5.87. The van der Waals surface area contributed by atoms with Gasteiger partial charge in [0.1, 0.15) is 0 Å². The summed E-state index contributed by atoms with van der Waals surface area (Å²) in [5, 5.41) is 0. The zero-order chi connectivity index (χ0) is 38.3. The van der Waals surface area contributed by atoms with E-state index in [-0.39, 0.29) is 0 Å². The first-order valence-electron chi connectivity index (χ1n) is 19.5. The van der Waals surface area contributed by atoms with E-state index in [1.165, 1.54) is 50.1 Å². The lowest BCUT2D eigenvalue weighted by Gasteiger charge is -2.35. The van der Waals surface area contributed by atoms with Crippen molar-refractivity contribution in [3.63, 3.8) is 0 Å². The molecule has 1 aromatic heterocycles. The highest BCUT2D eigenvalue weighted by Gasteiger charge is 2.47. The van der Waals surface area contributed by atoms with E-state index in [2.05, 4.69) is 172 Å². The molecule has 1 aliphatic carbocycles. The molecule has 1 aliphatic rings. The van der Waals surface area contributed by atoms with Gasteiger partial charge >= 0.3 is 0 Å². The number of hydrogen-bond donors (Lipinski definition) is 0. The predicted octanol–water partition coefficient (Wildman–Crippen LogP) is 13.2. The molecular weight excluding hydrogens is 691 g/mol. The minimum absolute atomic E-state index is 0.503. The van der Waals surface area contributed by atoms with Crippen LogP contribution in [0.3, 0.4) is 0 Å². The molecule has 270 valence electrons. The maximum Gasteiger partial charge on any atom is 0.164 e. The normalized spacial score (nSPS) is 14.2. The van der Waals surface area contributed by atoms with Gasteiger partial charge in [-0.2, -0.15) is 0 Å². The van der Waals surface area contributed by atoms with E-state index in [9.17, 15) is 0 Å². The van der Waals surface area contributed by atoms with Crippen molar-refractivity contribution >= 4 is 0 Å². The first-order chi connectivity index (χ1) is 28.1. The average Bonchev–Trinajstić information content (AvgIpc) is 3.59. The molecule has 57 heavy (non-hydrogen) atoms. The molecule has 0 fully saturated rings. The number of nitrogens with zero attached hydrogens (tertiary/aromatic N) is 3. The van der Waals surface area contributed by atoms with Crippen molar-refractivity contribution < 1.29 is 0 Å². The molecule has 3 nitrogen and oxygen atoms in total. The van der Waals surface area contributed by atoms with Gasteiger partial charge in [0, 0.05) is 16.7 Å². The van der Waals surface area contributed by atoms with Gasteiger partial charge in [-0.3, -0.25) is 0 Å². The molecule has 1 unspecified atom stereocenters. The van der Waals surface area contributed by atoms with E-state index in [0.717, 1.165) is 33.4 Å². The smallest absolute Gasteiger partial charge is 0.164 e. The van der Waals surface area contributed by atoms with Gasteiger partial charge in [-0.15, -0.1) is 0 Å². The molecule has 0 amide bonds. The van der Waals surface area contributed by atoms with Gasteiger partial charge in [0.05, 0.1) is 5.41 Å². The van der Waals surface area contributed by atoms with Gasteiger partial charge in [-0.1, -0.05) is 194 Å². The van der Waals surface area contributed by atoms with E-state index in [1.54, 1.807) is 0 Å². The minimum Gasteiger partial charge on any atom is -0.208 e. The fourth-order valence-corrected chi connectivity index (χ4v) is 8.73. The van der Waals surface area contributed by atoms with Crippen LogP contribution in [-0.4, -0.2) is 15.0 Å². The van der Waals surface area contributed by atoms with E-state index < -0.39 is 5.41 Å². The SMILES string of the molecule is Cc1ccc(C2(c3ccccc3)c3ccccc3-c3cccc(-c4cccc(-c5cccc(-c6nc(-c7ccccc7)nc(-c7ccccc7C)n6)c5)c4)c32)cc1. The first-order valence-corrected chi connectivity index (χ1v) is 19.5. The molecule has 9 aromatic rings. The van der Waals surface area contributed by atoms with Crippen molar-refractivity contribution in [3.8, 4) is 67.5 Å². The Labute approximate surface area is 334 Å². The molecule has 3 heteroatoms. The Morgan fingerprint density at radius 1 is 0.333 bits per heavy atom. The van der Waals surface area contributed by atoms with E-state index in [0.29, 0.717) is 17.5 Å². The summed E-state index contributed by atoms with van der Waals surface area (Å²) in [5.41, 5.74) is 17.1. The van der Waals surface area contributed by atoms with E-state index >= 15 is 0 Å². The summed E-state index contributed by atoms with van der Waals surface area (Å²) in [6.45, 7) is 4.26. The second-order valence-corrected chi connectivity index (χ2v) is 14.9. The molecule has 10 rings (SSSR count). The van der Waals surface area contributed by atoms with Crippen LogP contribution in [0.15, 0.2) is 200 Å². The second-order valence-electron chi connectivity index (χ2n) is 14.9. The standard InChI is InChI=1S/C54H39N3/c1-36-30-32-44(33-31-36)54(43-23-7-4-8-24-43)49-29-12-11-26-47(49)48-28-15-27-46(50(48)54)41-21-13-19-39(34-41)40-20-14-22-42(35-40)52-55-51(38-17-5-3-6-18-38)56-53(57-52)45-25-10-9-16-37(45)2/h3-35H,1-2H3. The Hall–Kier alpha value is -7.23. The lowest BCUT2D eigenvalue weighted by atomic mass is 9.66. The monoisotopic (exact) mass is 729 g/mol. The Morgan fingerprint density at radius 2 is 0.825 bits per heavy atom. The Morgan fingerprint density at radius 3 is 1.56 bits per heavy atom. The third-order valence-electron chi connectivity index (χ3n) is 11.4. The van der Waals surface area contributed by atoms with Crippen molar-refractivity contribution in [2.75, 3.05) is 0 Å². The summed E-state index contributed by atoms with van der Waals surface area (Å²) in [5.74, 6) is 1.96. The zero-order valence-electron chi connectivity index (χ0n) is 31.9. The highest BCUT2D eigenvalue weighted by molar-refractivity contribution is 5.93. The molecule has 0 aliphatic heterocycles. The van der Waals surface area contributed by atoms with Crippen LogP contribution >= 0.6 is 0 Å². The van der Waals surface area contributed by atoms with Crippen LogP contribution < -0.4 is 0 Å². The summed E-state index contributed by atoms with van der Waals surface area (Å²) < 4.78 is 0. The van der Waals surface area contributed by atoms with Crippen molar-refractivity contribution in [2.45, 2.75) is 19.3 Å². The predicted molar refractivity (Wildman–Crippen MR) is 234 cm³/mol. The molecule has 0 radical (unpaired) electrons. The third-order valence-corrected chi connectivity index (χ3v) is 11.4. The van der Waals surface area contributed by atoms with Gasteiger partial charge in [0.15, 0.2) is 17.5 Å². The van der Waals surface area contributed by atoms with Crippen LogP contribution in [0.4, 0.5) is 0 Å². The second kappa shape index (κ2) is 14.1. The van der Waals surface area contributed by atoms with Crippen molar-refractivity contribution in [3.05, 3.63) is 234 Å². The number of aryl methyl sites for hydroxylation is 2. The maximum atomic E-state index is 5.08. The summed E-state index contributed by atoms with van der Waals surface area (Å²) in [7, 11) is 0. The molecule has 1 heterocycles. The molecule has 0 bridgehead atoms. The van der Waals surface area contributed by atoms with Crippen LogP contribution in [-0.2, 0) is 5.41 Å². The van der Waals surface area contributed by atoms with Gasteiger partial charge < -0.3 is 0 Å². The van der Waals surface area contributed by atoms with Crippen molar-refractivity contribution in [2.24, 2.45) is 0 Å². The zero-order valence-corrected chi connectivity index (χ0v) is 31.9. The maximum absolute atomic E-state index is 5.08. The molecule has 0 N–H and O–H groups in total. The highest BCUT2D eigenvalue weighted by atomic mass is 15.0. The topological polar surface area (TPSA) is 38.7 Å². The molecule has 0 saturated carbocycles.